The van der Waals surface area contributed by atoms with Crippen LogP contribution in [-0.2, 0) is 17.6 Å². The number of aromatic amines is 1. The topological polar surface area (TPSA) is 92.0 Å². The summed E-state index contributed by atoms with van der Waals surface area (Å²) in [5.41, 5.74) is 6.86. The lowest BCUT2D eigenvalue weighted by Crippen LogP contribution is -2.04. The van der Waals surface area contributed by atoms with Crippen LogP contribution >= 0.6 is 0 Å². The fourth-order valence-corrected chi connectivity index (χ4v) is 1.06. The normalized spacial score (nSPS) is 10.1. The first-order chi connectivity index (χ1) is 5.65. The van der Waals surface area contributed by atoms with Crippen molar-refractivity contribution in [2.75, 3.05) is 5.73 Å². The van der Waals surface area contributed by atoms with Gasteiger partial charge in [-0.3, -0.25) is 9.89 Å². The smallest absolute Gasteiger partial charge is 0.308 e. The predicted octanol–water partition coefficient (Wildman–Crippen LogP) is 0.181. The molecule has 0 saturated carbocycles. The van der Waals surface area contributed by atoms with Crippen LogP contribution in [0.5, 0.6) is 0 Å². The van der Waals surface area contributed by atoms with Crippen molar-refractivity contribution in [3.8, 4) is 0 Å². The average Bonchev–Trinajstić information content (AvgIpc) is 2.32. The monoisotopic (exact) mass is 169 g/mol. The van der Waals surface area contributed by atoms with Crippen molar-refractivity contribution in [1.82, 2.24) is 10.2 Å². The van der Waals surface area contributed by atoms with Gasteiger partial charge in [0.25, 0.3) is 0 Å². The largest absolute Gasteiger partial charge is 0.481 e. The van der Waals surface area contributed by atoms with Crippen molar-refractivity contribution >= 4 is 11.8 Å². The summed E-state index contributed by atoms with van der Waals surface area (Å²) < 4.78 is 0. The molecule has 0 saturated heterocycles. The SMILES string of the molecule is CCc1[nH]nc(N)c1CC(=O)O. The molecule has 0 aliphatic heterocycles. The second-order valence-electron chi connectivity index (χ2n) is 2.49. The highest BCUT2D eigenvalue weighted by atomic mass is 16.4. The molecule has 0 atom stereocenters. The van der Waals surface area contributed by atoms with Gasteiger partial charge in [-0.1, -0.05) is 6.92 Å². The number of carboxylic acids is 1. The molecule has 12 heavy (non-hydrogen) atoms. The molecule has 0 unspecified atom stereocenters. The number of aromatic nitrogens is 2. The van der Waals surface area contributed by atoms with E-state index in [0.717, 1.165) is 5.69 Å². The third kappa shape index (κ3) is 1.55. The number of hydrogen-bond donors (Lipinski definition) is 3. The van der Waals surface area contributed by atoms with E-state index in [0.29, 0.717) is 12.0 Å². The molecule has 5 nitrogen and oxygen atoms in total. The molecule has 0 bridgehead atoms. The highest BCUT2D eigenvalue weighted by molar-refractivity contribution is 5.72. The van der Waals surface area contributed by atoms with Gasteiger partial charge < -0.3 is 10.8 Å². The summed E-state index contributed by atoms with van der Waals surface area (Å²) in [5.74, 6) is -0.605. The van der Waals surface area contributed by atoms with E-state index in [1.54, 1.807) is 0 Å². The number of anilines is 1. The zero-order valence-corrected chi connectivity index (χ0v) is 6.79. The molecule has 0 aliphatic carbocycles. The van der Waals surface area contributed by atoms with Gasteiger partial charge in [-0.2, -0.15) is 5.10 Å². The van der Waals surface area contributed by atoms with Gasteiger partial charge in [0.2, 0.25) is 0 Å². The molecule has 5 heteroatoms. The Balaban J connectivity index is 2.94. The van der Waals surface area contributed by atoms with E-state index in [4.69, 9.17) is 10.8 Å². The zero-order valence-electron chi connectivity index (χ0n) is 6.79. The van der Waals surface area contributed by atoms with Gasteiger partial charge in [0, 0.05) is 11.3 Å². The Kier molecular flexibility index (Phi) is 2.32. The van der Waals surface area contributed by atoms with Gasteiger partial charge in [-0.25, -0.2) is 0 Å². The van der Waals surface area contributed by atoms with Crippen LogP contribution < -0.4 is 5.73 Å². The van der Waals surface area contributed by atoms with Crippen molar-refractivity contribution in [2.24, 2.45) is 0 Å². The summed E-state index contributed by atoms with van der Waals surface area (Å²) in [6, 6.07) is 0. The second kappa shape index (κ2) is 3.25. The van der Waals surface area contributed by atoms with E-state index < -0.39 is 5.97 Å². The lowest BCUT2D eigenvalue weighted by molar-refractivity contribution is -0.136. The number of carbonyl (C=O) groups is 1. The number of aryl methyl sites for hydroxylation is 1. The van der Waals surface area contributed by atoms with Crippen molar-refractivity contribution in [2.45, 2.75) is 19.8 Å². The molecule has 0 radical (unpaired) electrons. The molecule has 1 rings (SSSR count). The Labute approximate surface area is 69.6 Å². The van der Waals surface area contributed by atoms with Gasteiger partial charge in [0.1, 0.15) is 5.82 Å². The molecule has 0 fully saturated rings. The molecule has 1 aromatic heterocycles. The summed E-state index contributed by atoms with van der Waals surface area (Å²) in [5, 5.41) is 15.0. The highest BCUT2D eigenvalue weighted by Crippen LogP contribution is 2.14. The molecule has 0 spiro atoms. The maximum Gasteiger partial charge on any atom is 0.308 e. The first kappa shape index (κ1) is 8.58. The summed E-state index contributed by atoms with van der Waals surface area (Å²) in [7, 11) is 0. The number of rotatable bonds is 3. The lowest BCUT2D eigenvalue weighted by atomic mass is 10.1. The molecule has 0 aliphatic rings. The minimum atomic E-state index is -0.891. The van der Waals surface area contributed by atoms with Crippen molar-refractivity contribution in [1.29, 1.82) is 0 Å². The van der Waals surface area contributed by atoms with Gasteiger partial charge >= 0.3 is 5.97 Å². The van der Waals surface area contributed by atoms with Crippen LogP contribution in [0.2, 0.25) is 0 Å². The quantitative estimate of drug-likeness (QED) is 0.601. The van der Waals surface area contributed by atoms with Crippen molar-refractivity contribution in [3.05, 3.63) is 11.3 Å². The Morgan fingerprint density at radius 1 is 1.75 bits per heavy atom. The van der Waals surface area contributed by atoms with Crippen LogP contribution in [0.1, 0.15) is 18.2 Å². The third-order valence-corrected chi connectivity index (χ3v) is 1.67. The predicted molar refractivity (Wildman–Crippen MR) is 43.7 cm³/mol. The van der Waals surface area contributed by atoms with Gasteiger partial charge in [-0.15, -0.1) is 0 Å². The maximum atomic E-state index is 10.4. The molecule has 4 N–H and O–H groups in total. The van der Waals surface area contributed by atoms with Crippen molar-refractivity contribution in [3.63, 3.8) is 0 Å². The van der Waals surface area contributed by atoms with E-state index in [1.165, 1.54) is 0 Å². The van der Waals surface area contributed by atoms with Crippen LogP contribution in [0.4, 0.5) is 5.82 Å². The van der Waals surface area contributed by atoms with Crippen molar-refractivity contribution < 1.29 is 9.90 Å². The lowest BCUT2D eigenvalue weighted by Gasteiger charge is -1.96. The summed E-state index contributed by atoms with van der Waals surface area (Å²) >= 11 is 0. The van der Waals surface area contributed by atoms with Crippen LogP contribution in [0, 0.1) is 0 Å². The maximum absolute atomic E-state index is 10.4. The van der Waals surface area contributed by atoms with Gasteiger partial charge in [0.15, 0.2) is 0 Å². The van der Waals surface area contributed by atoms with E-state index in [-0.39, 0.29) is 12.2 Å². The molecule has 66 valence electrons. The number of nitrogen functional groups attached to an aromatic ring is 1. The Morgan fingerprint density at radius 2 is 2.42 bits per heavy atom. The van der Waals surface area contributed by atoms with Crippen LogP contribution in [0.15, 0.2) is 0 Å². The van der Waals surface area contributed by atoms with Gasteiger partial charge in [0.05, 0.1) is 6.42 Å². The number of aliphatic carboxylic acids is 1. The summed E-state index contributed by atoms with van der Waals surface area (Å²) in [6.07, 6.45) is 0.651. The fourth-order valence-electron chi connectivity index (χ4n) is 1.06. The minimum absolute atomic E-state index is 0.0640. The van der Waals surface area contributed by atoms with Crippen LogP contribution in [0.25, 0.3) is 0 Å². The third-order valence-electron chi connectivity index (χ3n) is 1.67. The van der Waals surface area contributed by atoms with Gasteiger partial charge in [-0.05, 0) is 6.42 Å². The Hall–Kier alpha value is -1.52. The molecule has 0 aromatic carbocycles. The Morgan fingerprint density at radius 3 is 2.92 bits per heavy atom. The number of nitrogens with zero attached hydrogens (tertiary/aromatic N) is 1. The summed E-state index contributed by atoms with van der Waals surface area (Å²) in [6.45, 7) is 1.91. The Bertz CT molecular complexity index is 293. The molecule has 1 aromatic rings. The van der Waals surface area contributed by atoms with E-state index in [9.17, 15) is 4.79 Å². The first-order valence-electron chi connectivity index (χ1n) is 3.68. The number of nitrogens with two attached hydrogens (primary N) is 1. The number of H-pyrrole nitrogens is 1. The first-order valence-corrected chi connectivity index (χ1v) is 3.68. The molecule has 0 amide bonds. The molecular formula is C7H11N3O2. The van der Waals surface area contributed by atoms with E-state index >= 15 is 0 Å². The second-order valence-corrected chi connectivity index (χ2v) is 2.49. The zero-order chi connectivity index (χ0) is 9.14. The minimum Gasteiger partial charge on any atom is -0.481 e. The van der Waals surface area contributed by atoms with E-state index in [1.807, 2.05) is 6.92 Å². The standard InChI is InChI=1S/C7H11N3O2/c1-2-5-4(3-6(11)12)7(8)10-9-5/h2-3H2,1H3,(H,11,12)(H3,8,9,10). The molecular weight excluding hydrogens is 158 g/mol. The molecule has 1 heterocycles. The highest BCUT2D eigenvalue weighted by Gasteiger charge is 2.11. The number of carboxylic acid groups (broad SMARTS) is 1. The number of hydrogen-bond acceptors (Lipinski definition) is 3. The van der Waals surface area contributed by atoms with Crippen LogP contribution in [-0.4, -0.2) is 21.3 Å². The van der Waals surface area contributed by atoms with E-state index in [2.05, 4.69) is 10.2 Å². The number of nitrogens with one attached hydrogen (secondary N) is 1. The fraction of sp³-hybridized carbons (Fsp3) is 0.429. The average molecular weight is 169 g/mol. The summed E-state index contributed by atoms with van der Waals surface area (Å²) in [4.78, 5) is 10.4. The van der Waals surface area contributed by atoms with Crippen LogP contribution in [0.3, 0.4) is 0 Å².